The van der Waals surface area contributed by atoms with Gasteiger partial charge < -0.3 is 15.4 Å². The minimum Gasteiger partial charge on any atom is -0.384 e. The largest absolute Gasteiger partial charge is 0.384 e. The van der Waals surface area contributed by atoms with Crippen molar-refractivity contribution in [3.63, 3.8) is 0 Å². The maximum Gasteiger partial charge on any atom is 0.151 e. The van der Waals surface area contributed by atoms with Crippen molar-refractivity contribution in [1.82, 2.24) is 9.55 Å². The number of hydrogen-bond acceptors (Lipinski definition) is 5. The van der Waals surface area contributed by atoms with Gasteiger partial charge in [0, 0.05) is 19.0 Å². The van der Waals surface area contributed by atoms with E-state index in [0.717, 1.165) is 0 Å². The lowest BCUT2D eigenvalue weighted by Gasteiger charge is -2.31. The van der Waals surface area contributed by atoms with Gasteiger partial charge in [0.15, 0.2) is 9.84 Å². The van der Waals surface area contributed by atoms with Crippen LogP contribution in [0.25, 0.3) is 0 Å². The molecule has 1 saturated heterocycles. The van der Waals surface area contributed by atoms with Crippen LogP contribution in [-0.2, 0) is 16.9 Å². The molecule has 18 heavy (non-hydrogen) atoms. The molecule has 0 saturated carbocycles. The van der Waals surface area contributed by atoms with E-state index in [1.165, 1.54) is 10.8 Å². The van der Waals surface area contributed by atoms with Crippen LogP contribution in [0.15, 0.2) is 6.20 Å². The summed E-state index contributed by atoms with van der Waals surface area (Å²) in [6.45, 7) is 0.0951. The zero-order chi connectivity index (χ0) is 13.6. The molecule has 1 aromatic heterocycles. The van der Waals surface area contributed by atoms with Crippen molar-refractivity contribution in [2.75, 3.05) is 18.1 Å². The number of imidazole rings is 1. The second-order valence-corrected chi connectivity index (χ2v) is 7.38. The maximum atomic E-state index is 11.6. The number of aromatic nitrogens is 2. The zero-order valence-electron chi connectivity index (χ0n) is 10.0. The molecule has 8 heteroatoms. The molecule has 1 aliphatic rings. The lowest BCUT2D eigenvalue weighted by atomic mass is 9.81. The van der Waals surface area contributed by atoms with Crippen LogP contribution in [0.5, 0.6) is 0 Å². The first kappa shape index (κ1) is 13.8. The summed E-state index contributed by atoms with van der Waals surface area (Å²) >= 11 is 5.86. The molecule has 2 heterocycles. The fourth-order valence-corrected chi connectivity index (χ4v) is 4.65. The van der Waals surface area contributed by atoms with Gasteiger partial charge in [0.25, 0.3) is 0 Å². The summed E-state index contributed by atoms with van der Waals surface area (Å²) < 4.78 is 24.8. The van der Waals surface area contributed by atoms with Crippen LogP contribution in [0.3, 0.4) is 0 Å². The lowest BCUT2D eigenvalue weighted by Crippen LogP contribution is -2.39. The van der Waals surface area contributed by atoms with Gasteiger partial charge in [-0.2, -0.15) is 0 Å². The van der Waals surface area contributed by atoms with E-state index in [-0.39, 0.29) is 18.1 Å². The highest BCUT2D eigenvalue weighted by molar-refractivity contribution is 7.91. The van der Waals surface area contributed by atoms with Crippen molar-refractivity contribution < 1.29 is 13.5 Å². The minimum absolute atomic E-state index is 0.0550. The van der Waals surface area contributed by atoms with Gasteiger partial charge in [0.05, 0.1) is 17.7 Å². The normalized spacial score (nSPS) is 28.4. The number of halogens is 1. The number of rotatable bonds is 3. The smallest absolute Gasteiger partial charge is 0.151 e. The summed E-state index contributed by atoms with van der Waals surface area (Å²) in [7, 11) is -1.47. The third kappa shape index (κ3) is 2.16. The highest BCUT2D eigenvalue weighted by Crippen LogP contribution is 2.42. The van der Waals surface area contributed by atoms with Crippen molar-refractivity contribution in [3.8, 4) is 0 Å². The molecular weight excluding hydrogens is 278 g/mol. The molecule has 0 spiro atoms. The lowest BCUT2D eigenvalue weighted by molar-refractivity contribution is 0.0378. The highest BCUT2D eigenvalue weighted by Gasteiger charge is 2.48. The predicted octanol–water partition coefficient (Wildman–Crippen LogP) is -0.129. The second kappa shape index (κ2) is 4.48. The van der Waals surface area contributed by atoms with Gasteiger partial charge in [-0.3, -0.25) is 0 Å². The molecule has 1 fully saturated rings. The van der Waals surface area contributed by atoms with Crippen molar-refractivity contribution in [3.05, 3.63) is 17.2 Å². The van der Waals surface area contributed by atoms with Gasteiger partial charge in [-0.15, -0.1) is 0 Å². The topological polar surface area (TPSA) is 98.2 Å². The zero-order valence-corrected chi connectivity index (χ0v) is 11.6. The van der Waals surface area contributed by atoms with Crippen molar-refractivity contribution in [2.45, 2.75) is 12.5 Å². The number of sulfone groups is 1. The number of nitrogens with two attached hydrogens (primary N) is 1. The monoisotopic (exact) mass is 293 g/mol. The predicted molar refractivity (Wildman–Crippen MR) is 67.9 cm³/mol. The number of nitrogens with zero attached hydrogens (tertiary/aromatic N) is 2. The van der Waals surface area contributed by atoms with Crippen LogP contribution in [0, 0.1) is 5.41 Å². The van der Waals surface area contributed by atoms with E-state index < -0.39 is 21.4 Å². The van der Waals surface area contributed by atoms with Crippen LogP contribution in [-0.4, -0.2) is 41.1 Å². The molecule has 0 amide bonds. The third-order valence-corrected chi connectivity index (χ3v) is 5.81. The minimum atomic E-state index is -3.14. The summed E-state index contributed by atoms with van der Waals surface area (Å²) in [4.78, 5) is 4.03. The van der Waals surface area contributed by atoms with Gasteiger partial charge >= 0.3 is 0 Å². The van der Waals surface area contributed by atoms with Crippen LogP contribution in [0.1, 0.15) is 18.3 Å². The first-order chi connectivity index (χ1) is 8.31. The first-order valence-electron chi connectivity index (χ1n) is 5.57. The summed E-state index contributed by atoms with van der Waals surface area (Å²) in [5.41, 5.74) is 4.83. The molecule has 6 nitrogen and oxygen atoms in total. The Hall–Kier alpha value is -0.630. The molecule has 1 aliphatic heterocycles. The van der Waals surface area contributed by atoms with E-state index in [4.69, 9.17) is 17.3 Å². The summed E-state index contributed by atoms with van der Waals surface area (Å²) in [6.07, 6.45) is 0.739. The molecule has 1 aromatic rings. The second-order valence-electron chi connectivity index (χ2n) is 4.81. The molecule has 2 atom stereocenters. The number of aliphatic hydroxyl groups is 1. The molecule has 0 radical (unpaired) electrons. The van der Waals surface area contributed by atoms with Gasteiger partial charge in [-0.25, -0.2) is 13.4 Å². The molecule has 0 bridgehead atoms. The molecule has 2 unspecified atom stereocenters. The highest BCUT2D eigenvalue weighted by atomic mass is 35.5. The van der Waals surface area contributed by atoms with Crippen molar-refractivity contribution in [1.29, 1.82) is 0 Å². The Bertz CT molecular complexity index is 557. The van der Waals surface area contributed by atoms with Gasteiger partial charge in [0.1, 0.15) is 17.1 Å². The van der Waals surface area contributed by atoms with Crippen LogP contribution in [0.2, 0.25) is 5.15 Å². The quantitative estimate of drug-likeness (QED) is 0.809. The summed E-state index contributed by atoms with van der Waals surface area (Å²) in [6, 6.07) is 0. The van der Waals surface area contributed by atoms with Crippen LogP contribution in [0.4, 0.5) is 0 Å². The molecule has 3 N–H and O–H groups in total. The Balaban J connectivity index is 2.38. The summed E-state index contributed by atoms with van der Waals surface area (Å²) in [5, 5.41) is 10.8. The van der Waals surface area contributed by atoms with Crippen molar-refractivity contribution >= 4 is 21.4 Å². The van der Waals surface area contributed by atoms with E-state index in [9.17, 15) is 13.5 Å². The fraction of sp³-hybridized carbons (Fsp3) is 0.700. The molecule has 2 rings (SSSR count). The Kier molecular flexibility index (Phi) is 3.44. The third-order valence-electron chi connectivity index (χ3n) is 3.62. The van der Waals surface area contributed by atoms with E-state index in [1.807, 2.05) is 0 Å². The van der Waals surface area contributed by atoms with Gasteiger partial charge in [-0.1, -0.05) is 11.6 Å². The van der Waals surface area contributed by atoms with Crippen LogP contribution >= 0.6 is 11.6 Å². The molecule has 0 aliphatic carbocycles. The van der Waals surface area contributed by atoms with E-state index >= 15 is 0 Å². The van der Waals surface area contributed by atoms with E-state index in [1.54, 1.807) is 7.05 Å². The Morgan fingerprint density at radius 2 is 2.39 bits per heavy atom. The average Bonchev–Trinajstić information content (AvgIpc) is 2.81. The summed E-state index contributed by atoms with van der Waals surface area (Å²) in [5.74, 6) is 0.296. The fourth-order valence-electron chi connectivity index (χ4n) is 2.36. The molecule has 102 valence electrons. The van der Waals surface area contributed by atoms with E-state index in [0.29, 0.717) is 17.4 Å². The SMILES string of the molecule is Cn1c(Cl)cnc1C(O)C1(CN)CCS(=O)(=O)C1. The maximum absolute atomic E-state index is 11.6. The Morgan fingerprint density at radius 1 is 1.72 bits per heavy atom. The Labute approximate surface area is 111 Å². The molecule has 0 aromatic carbocycles. The van der Waals surface area contributed by atoms with Crippen molar-refractivity contribution in [2.24, 2.45) is 18.2 Å². The van der Waals surface area contributed by atoms with E-state index in [2.05, 4.69) is 4.98 Å². The first-order valence-corrected chi connectivity index (χ1v) is 7.77. The standard InChI is InChI=1S/C10H16ClN3O3S/c1-14-7(11)4-13-9(14)8(15)10(5-12)2-3-18(16,17)6-10/h4,8,15H,2-3,5-6,12H2,1H3. The molecular formula is C10H16ClN3O3S. The van der Waals surface area contributed by atoms with Gasteiger partial charge in [0.2, 0.25) is 0 Å². The number of aliphatic hydroxyl groups excluding tert-OH is 1. The van der Waals surface area contributed by atoms with Crippen LogP contribution < -0.4 is 5.73 Å². The average molecular weight is 294 g/mol. The Morgan fingerprint density at radius 3 is 2.78 bits per heavy atom. The van der Waals surface area contributed by atoms with Gasteiger partial charge in [-0.05, 0) is 6.42 Å². The number of hydrogen-bond donors (Lipinski definition) is 2.